The summed E-state index contributed by atoms with van der Waals surface area (Å²) in [4.78, 5) is 8.21. The minimum atomic E-state index is -2.82. The zero-order valence-corrected chi connectivity index (χ0v) is 11.1. The molecule has 8 heteroatoms. The van der Waals surface area contributed by atoms with Crippen LogP contribution in [0.25, 0.3) is 11.5 Å². The van der Waals surface area contributed by atoms with E-state index in [1.54, 1.807) is 12.1 Å². The summed E-state index contributed by atoms with van der Waals surface area (Å²) in [5.41, 5.74) is 1.20. The second-order valence-corrected chi connectivity index (χ2v) is 4.44. The monoisotopic (exact) mass is 306 g/mol. The Balaban J connectivity index is 1.75. The van der Waals surface area contributed by atoms with Crippen LogP contribution in [0.1, 0.15) is 23.7 Å². The van der Waals surface area contributed by atoms with Crippen molar-refractivity contribution in [2.75, 3.05) is 0 Å². The lowest BCUT2D eigenvalue weighted by Crippen LogP contribution is -1.96. The molecule has 0 saturated heterocycles. The molecule has 0 N–H and O–H groups in total. The fourth-order valence-corrected chi connectivity index (χ4v) is 1.78. The smallest absolute Gasteiger partial charge is 0.314 e. The van der Waals surface area contributed by atoms with Crippen molar-refractivity contribution in [1.82, 2.24) is 20.2 Å². The van der Waals surface area contributed by atoms with Gasteiger partial charge in [-0.25, -0.2) is 14.4 Å². The molecule has 0 saturated carbocycles. The fourth-order valence-electron chi connectivity index (χ4n) is 1.78. The molecule has 112 valence electrons. The van der Waals surface area contributed by atoms with E-state index in [4.69, 9.17) is 4.42 Å². The lowest BCUT2D eigenvalue weighted by Gasteiger charge is -2.01. The van der Waals surface area contributed by atoms with E-state index in [2.05, 4.69) is 20.2 Å². The maximum Gasteiger partial charge on any atom is 0.314 e. The molecule has 22 heavy (non-hydrogen) atoms. The predicted octanol–water partition coefficient (Wildman–Crippen LogP) is 3.19. The molecule has 0 unspecified atom stereocenters. The summed E-state index contributed by atoms with van der Waals surface area (Å²) in [6, 6.07) is 5.99. The molecule has 3 aromatic rings. The zero-order valence-electron chi connectivity index (χ0n) is 11.1. The van der Waals surface area contributed by atoms with Gasteiger partial charge in [-0.3, -0.25) is 0 Å². The maximum absolute atomic E-state index is 12.8. The topological polar surface area (TPSA) is 64.7 Å². The van der Waals surface area contributed by atoms with Gasteiger partial charge in [-0.1, -0.05) is 12.1 Å². The van der Waals surface area contributed by atoms with Gasteiger partial charge in [-0.05, 0) is 17.7 Å². The Morgan fingerprint density at radius 3 is 2.27 bits per heavy atom. The number of alkyl halides is 2. The van der Waals surface area contributed by atoms with E-state index in [1.807, 2.05) is 0 Å². The van der Waals surface area contributed by atoms with Crippen molar-refractivity contribution >= 4 is 0 Å². The second-order valence-electron chi connectivity index (χ2n) is 4.44. The Morgan fingerprint density at radius 2 is 1.68 bits per heavy atom. The summed E-state index contributed by atoms with van der Waals surface area (Å²) in [5, 5.41) is 6.75. The highest BCUT2D eigenvalue weighted by atomic mass is 19.3. The van der Waals surface area contributed by atoms with Crippen LogP contribution < -0.4 is 0 Å². The highest BCUT2D eigenvalue weighted by Gasteiger charge is 2.17. The number of hydrogen-bond donors (Lipinski definition) is 0. The molecule has 3 rings (SSSR count). The number of rotatable bonds is 4. The Bertz CT molecular complexity index is 757. The SMILES string of the molecule is Fc1ccc(Cc2ncc(-c3nnc(C(F)F)o3)cn2)cc1. The van der Waals surface area contributed by atoms with E-state index >= 15 is 0 Å². The third kappa shape index (κ3) is 3.11. The van der Waals surface area contributed by atoms with E-state index in [9.17, 15) is 13.2 Å². The van der Waals surface area contributed by atoms with Gasteiger partial charge in [0.1, 0.15) is 11.6 Å². The van der Waals surface area contributed by atoms with Crippen molar-refractivity contribution in [1.29, 1.82) is 0 Å². The summed E-state index contributed by atoms with van der Waals surface area (Å²) in [6.07, 6.45) is 0.426. The van der Waals surface area contributed by atoms with E-state index in [1.165, 1.54) is 24.5 Å². The summed E-state index contributed by atoms with van der Waals surface area (Å²) in [5.74, 6) is -0.621. The Labute approximate surface area is 122 Å². The van der Waals surface area contributed by atoms with Crippen molar-refractivity contribution in [2.24, 2.45) is 0 Å². The zero-order chi connectivity index (χ0) is 15.5. The normalized spacial score (nSPS) is 11.1. The Morgan fingerprint density at radius 1 is 1.00 bits per heavy atom. The Kier molecular flexibility index (Phi) is 3.82. The van der Waals surface area contributed by atoms with Gasteiger partial charge < -0.3 is 4.42 Å². The molecule has 5 nitrogen and oxygen atoms in total. The molecule has 1 aromatic carbocycles. The molecule has 0 bridgehead atoms. The molecule has 0 radical (unpaired) electrons. The maximum atomic E-state index is 12.8. The summed E-state index contributed by atoms with van der Waals surface area (Å²) < 4.78 is 42.4. The largest absolute Gasteiger partial charge is 0.415 e. The average molecular weight is 306 g/mol. The molecule has 0 aliphatic heterocycles. The first kappa shape index (κ1) is 14.2. The van der Waals surface area contributed by atoms with Crippen molar-refractivity contribution in [2.45, 2.75) is 12.8 Å². The van der Waals surface area contributed by atoms with E-state index in [0.717, 1.165) is 5.56 Å². The molecule has 0 spiro atoms. The van der Waals surface area contributed by atoms with Crippen LogP contribution in [0.5, 0.6) is 0 Å². The number of nitrogens with zero attached hydrogens (tertiary/aromatic N) is 4. The molecule has 0 fully saturated rings. The summed E-state index contributed by atoms with van der Waals surface area (Å²) >= 11 is 0. The van der Waals surface area contributed by atoms with Gasteiger partial charge in [0, 0.05) is 18.8 Å². The minimum absolute atomic E-state index is 0.0661. The molecule has 0 atom stereocenters. The standard InChI is InChI=1S/C14H9F3N4O/c15-10-3-1-8(2-4-10)5-11-18-6-9(7-19-11)13-20-21-14(22-13)12(16)17/h1-4,6-7,12H,5H2. The van der Waals surface area contributed by atoms with Crippen molar-refractivity contribution in [3.63, 3.8) is 0 Å². The lowest BCUT2D eigenvalue weighted by atomic mass is 10.1. The van der Waals surface area contributed by atoms with E-state index in [0.29, 0.717) is 17.8 Å². The number of aromatic nitrogens is 4. The van der Waals surface area contributed by atoms with Crippen molar-refractivity contribution < 1.29 is 17.6 Å². The number of hydrogen-bond acceptors (Lipinski definition) is 5. The van der Waals surface area contributed by atoms with Crippen molar-refractivity contribution in [3.8, 4) is 11.5 Å². The van der Waals surface area contributed by atoms with Crippen LogP contribution in [0, 0.1) is 5.82 Å². The molecular formula is C14H9F3N4O. The highest BCUT2D eigenvalue weighted by molar-refractivity contribution is 5.48. The molecule has 0 amide bonds. The first-order chi connectivity index (χ1) is 10.6. The quantitative estimate of drug-likeness (QED) is 0.740. The second kappa shape index (κ2) is 5.92. The molecule has 0 aliphatic carbocycles. The summed E-state index contributed by atoms with van der Waals surface area (Å²) in [7, 11) is 0. The van der Waals surface area contributed by atoms with Crippen LogP contribution in [0.4, 0.5) is 13.2 Å². The van der Waals surface area contributed by atoms with Gasteiger partial charge in [0.05, 0.1) is 5.56 Å². The predicted molar refractivity (Wildman–Crippen MR) is 69.5 cm³/mol. The van der Waals surface area contributed by atoms with Crippen molar-refractivity contribution in [3.05, 3.63) is 59.8 Å². The van der Waals surface area contributed by atoms with Gasteiger partial charge in [-0.15, -0.1) is 10.2 Å². The molecule has 0 aliphatic rings. The van der Waals surface area contributed by atoms with E-state index < -0.39 is 12.3 Å². The highest BCUT2D eigenvalue weighted by Crippen LogP contribution is 2.22. The number of benzene rings is 1. The third-order valence-electron chi connectivity index (χ3n) is 2.86. The van der Waals surface area contributed by atoms with Gasteiger partial charge >= 0.3 is 6.43 Å². The van der Waals surface area contributed by atoms with E-state index in [-0.39, 0.29) is 11.7 Å². The van der Waals surface area contributed by atoms with Gasteiger partial charge in [0.25, 0.3) is 11.8 Å². The van der Waals surface area contributed by atoms with Crippen LogP contribution in [0.2, 0.25) is 0 Å². The fraction of sp³-hybridized carbons (Fsp3) is 0.143. The van der Waals surface area contributed by atoms with Crippen LogP contribution >= 0.6 is 0 Å². The molecule has 2 aromatic heterocycles. The molecule has 2 heterocycles. The van der Waals surface area contributed by atoms with Crippen LogP contribution in [0.3, 0.4) is 0 Å². The Hall–Kier alpha value is -2.77. The summed E-state index contributed by atoms with van der Waals surface area (Å²) in [6.45, 7) is 0. The third-order valence-corrected chi connectivity index (χ3v) is 2.86. The number of halogens is 3. The first-order valence-electron chi connectivity index (χ1n) is 6.29. The average Bonchev–Trinajstić information content (AvgIpc) is 3.00. The minimum Gasteiger partial charge on any atom is -0.415 e. The first-order valence-corrected chi connectivity index (χ1v) is 6.29. The van der Waals surface area contributed by atoms with Gasteiger partial charge in [0.15, 0.2) is 0 Å². The van der Waals surface area contributed by atoms with Crippen LogP contribution in [-0.4, -0.2) is 20.2 Å². The molecular weight excluding hydrogens is 297 g/mol. The van der Waals surface area contributed by atoms with Gasteiger partial charge in [-0.2, -0.15) is 8.78 Å². The van der Waals surface area contributed by atoms with Gasteiger partial charge in [0.2, 0.25) is 0 Å². The van der Waals surface area contributed by atoms with Crippen LogP contribution in [0.15, 0.2) is 41.1 Å². The lowest BCUT2D eigenvalue weighted by molar-refractivity contribution is 0.116. The van der Waals surface area contributed by atoms with Crippen LogP contribution in [-0.2, 0) is 6.42 Å².